The number of allylic oxidation sites excluding steroid dienone is 3. The number of aliphatic hydroxyl groups excluding tert-OH is 3. The van der Waals surface area contributed by atoms with E-state index in [0.717, 1.165) is 11.8 Å². The molecule has 0 unspecified atom stereocenters. The molecule has 53 heavy (non-hydrogen) atoms. The van der Waals surface area contributed by atoms with Gasteiger partial charge in [-0.3, -0.25) is 9.59 Å². The number of carbonyl (C=O) groups excluding carboxylic acids is 4. The van der Waals surface area contributed by atoms with Crippen LogP contribution in [0.4, 0.5) is 4.79 Å². The Bertz CT molecular complexity index is 1390. The number of nitrogens with zero attached hydrogens (tertiary/aromatic N) is 1. The molecule has 0 spiro atoms. The van der Waals surface area contributed by atoms with Crippen molar-refractivity contribution in [3.63, 3.8) is 0 Å². The van der Waals surface area contributed by atoms with Crippen molar-refractivity contribution in [2.45, 2.75) is 116 Å². The van der Waals surface area contributed by atoms with Gasteiger partial charge in [-0.25, -0.2) is 4.79 Å². The molecule has 2 aliphatic rings. The van der Waals surface area contributed by atoms with Crippen molar-refractivity contribution in [3.8, 4) is 0 Å². The van der Waals surface area contributed by atoms with Gasteiger partial charge in [0.1, 0.15) is 25.1 Å². The molecule has 0 aliphatic carbocycles. The summed E-state index contributed by atoms with van der Waals surface area (Å²) in [6.07, 6.45) is -1.51. The summed E-state index contributed by atoms with van der Waals surface area (Å²) in [5, 5.41) is 36.2. The van der Waals surface area contributed by atoms with E-state index in [9.17, 15) is 34.5 Å². The smallest absolute Gasteiger partial charge is 0.407 e. The fraction of sp³-hybridized carbons (Fsp3) is 0.650. The Hall–Kier alpha value is -3.46. The predicted octanol–water partition coefficient (Wildman–Crippen LogP) is 3.38. The number of ether oxygens (including phenoxy) is 4. The minimum atomic E-state index is -1.31. The summed E-state index contributed by atoms with van der Waals surface area (Å²) in [4.78, 5) is 53.1. The summed E-state index contributed by atoms with van der Waals surface area (Å²) in [6, 6.07) is 8.97. The van der Waals surface area contributed by atoms with Crippen LogP contribution >= 0.6 is 0 Å². The highest BCUT2D eigenvalue weighted by Gasteiger charge is 2.47. The Morgan fingerprint density at radius 2 is 1.75 bits per heavy atom. The number of nitrogens with one attached hydrogen (secondary N) is 1. The minimum Gasteiger partial charge on any atom is -0.462 e. The molecular formula is C40H60N2O11. The van der Waals surface area contributed by atoms with Gasteiger partial charge in [0.2, 0.25) is 0 Å². The molecule has 296 valence electrons. The zero-order valence-corrected chi connectivity index (χ0v) is 32.1. The van der Waals surface area contributed by atoms with Gasteiger partial charge in [-0.1, -0.05) is 68.8 Å². The lowest BCUT2D eigenvalue weighted by atomic mass is 9.79. The highest BCUT2D eigenvalue weighted by Crippen LogP contribution is 2.34. The molecule has 1 saturated heterocycles. The second-order valence-corrected chi connectivity index (χ2v) is 14.7. The third-order valence-corrected chi connectivity index (χ3v) is 10.3. The standard InChI is InChI=1S/C40H60N2O11/c1-8-33-30(23-50-40(49)41-18-16-28-12-10-9-11-13-28)20-24(2)14-15-31(44)25(3)21-29(17-19-43)38(26(4)32(45)22-34(46)52-33)53-39-37(48)35(42(6)7)36(47)27(5)51-39/h9-15,19-20,25-27,29-30,32-33,35-39,45,47-48H,8,16-18,21-23H2,1-7H3,(H,41,49)/b15-14+,24-20+/t25-,26+,27-,29+,30-,32-,33-,35+,36-,37-,38-,39+/m1/s1. The maximum atomic E-state index is 13.4. The number of hydrogen-bond donors (Lipinski definition) is 4. The van der Waals surface area contributed by atoms with Gasteiger partial charge in [-0.05, 0) is 64.8 Å². The molecule has 0 aromatic heterocycles. The molecule has 2 heterocycles. The van der Waals surface area contributed by atoms with Crippen LogP contribution in [0, 0.1) is 23.7 Å². The van der Waals surface area contributed by atoms with Gasteiger partial charge < -0.3 is 49.3 Å². The molecule has 0 bridgehead atoms. The van der Waals surface area contributed by atoms with Crippen molar-refractivity contribution in [2.75, 3.05) is 27.2 Å². The van der Waals surface area contributed by atoms with E-state index >= 15 is 0 Å². The van der Waals surface area contributed by atoms with Gasteiger partial charge >= 0.3 is 12.1 Å². The third-order valence-electron chi connectivity index (χ3n) is 10.3. The number of carbonyl (C=O) groups is 4. The Balaban J connectivity index is 1.87. The first kappa shape index (κ1) is 43.9. The molecule has 2 aliphatic heterocycles. The van der Waals surface area contributed by atoms with Gasteiger partial charge in [0.15, 0.2) is 12.1 Å². The molecule has 13 nitrogen and oxygen atoms in total. The van der Waals surface area contributed by atoms with Gasteiger partial charge in [0, 0.05) is 30.7 Å². The summed E-state index contributed by atoms with van der Waals surface area (Å²) < 4.78 is 23.8. The van der Waals surface area contributed by atoms with Crippen molar-refractivity contribution in [1.82, 2.24) is 10.2 Å². The van der Waals surface area contributed by atoms with Crippen LogP contribution in [0.1, 0.15) is 65.9 Å². The van der Waals surface area contributed by atoms with Crippen LogP contribution in [0.25, 0.3) is 0 Å². The molecule has 12 atom stereocenters. The molecule has 0 saturated carbocycles. The monoisotopic (exact) mass is 744 g/mol. The van der Waals surface area contributed by atoms with Crippen LogP contribution in [-0.2, 0) is 39.8 Å². The topological polar surface area (TPSA) is 181 Å². The Morgan fingerprint density at radius 1 is 1.06 bits per heavy atom. The number of esters is 1. The number of alkyl carbamates (subject to hydrolysis) is 1. The summed E-state index contributed by atoms with van der Waals surface area (Å²) in [7, 11) is 3.43. The average Bonchev–Trinajstić information content (AvgIpc) is 3.11. The lowest BCUT2D eigenvalue weighted by Crippen LogP contribution is -2.63. The fourth-order valence-electron chi connectivity index (χ4n) is 7.09. The van der Waals surface area contributed by atoms with Crippen molar-refractivity contribution in [2.24, 2.45) is 23.7 Å². The molecule has 1 fully saturated rings. The first-order chi connectivity index (χ1) is 25.2. The fourth-order valence-corrected chi connectivity index (χ4v) is 7.09. The van der Waals surface area contributed by atoms with E-state index in [1.807, 2.05) is 37.3 Å². The number of hydrogen-bond acceptors (Lipinski definition) is 12. The van der Waals surface area contributed by atoms with Crippen molar-refractivity contribution in [3.05, 3.63) is 59.7 Å². The van der Waals surface area contributed by atoms with E-state index in [0.29, 0.717) is 25.0 Å². The lowest BCUT2D eigenvalue weighted by molar-refractivity contribution is -0.304. The molecule has 1 amide bonds. The minimum absolute atomic E-state index is 0.0238. The summed E-state index contributed by atoms with van der Waals surface area (Å²) >= 11 is 0. The summed E-state index contributed by atoms with van der Waals surface area (Å²) in [6.45, 7) is 8.95. The Labute approximate surface area is 313 Å². The van der Waals surface area contributed by atoms with E-state index in [1.54, 1.807) is 58.8 Å². The average molecular weight is 745 g/mol. The third kappa shape index (κ3) is 13.1. The zero-order chi connectivity index (χ0) is 39.2. The van der Waals surface area contributed by atoms with Crippen LogP contribution < -0.4 is 5.32 Å². The number of cyclic esters (lactones) is 1. The number of ketones is 1. The lowest BCUT2D eigenvalue weighted by Gasteiger charge is -2.46. The molecule has 0 radical (unpaired) electrons. The van der Waals surface area contributed by atoms with E-state index < -0.39 is 91.1 Å². The van der Waals surface area contributed by atoms with Crippen LogP contribution in [0.2, 0.25) is 0 Å². The molecule has 1 aromatic rings. The molecule has 13 heteroatoms. The first-order valence-electron chi connectivity index (χ1n) is 18.7. The molecular weight excluding hydrogens is 684 g/mol. The SMILES string of the molecule is CC[C@H]1OC(=O)C[C@@H](O)[C@H](C)[C@@H](O[C@@H]2O[C@H](C)[C@@H](O)[C@H](N(C)C)[C@H]2O)[C@@H](CC=O)C[C@@H](C)C(=O)/C=C/C(C)=C/[C@@H]1COC(=O)NCCc1ccccc1. The normalized spacial score (nSPS) is 35.1. The number of benzene rings is 1. The van der Waals surface area contributed by atoms with Crippen molar-refractivity contribution < 1.29 is 53.4 Å². The predicted molar refractivity (Wildman–Crippen MR) is 197 cm³/mol. The first-order valence-corrected chi connectivity index (χ1v) is 18.7. The van der Waals surface area contributed by atoms with E-state index in [2.05, 4.69) is 5.32 Å². The van der Waals surface area contributed by atoms with Gasteiger partial charge in [-0.2, -0.15) is 0 Å². The maximum Gasteiger partial charge on any atom is 0.407 e. The number of aliphatic hydroxyl groups is 3. The Morgan fingerprint density at radius 3 is 2.40 bits per heavy atom. The second kappa shape index (κ2) is 21.4. The number of likely N-dealkylation sites (N-methyl/N-ethyl adjacent to an activating group) is 1. The van der Waals surface area contributed by atoms with Gasteiger partial charge in [0.05, 0.1) is 36.9 Å². The highest BCUT2D eigenvalue weighted by molar-refractivity contribution is 5.91. The maximum absolute atomic E-state index is 13.4. The largest absolute Gasteiger partial charge is 0.462 e. The number of aldehydes is 1. The van der Waals surface area contributed by atoms with Crippen LogP contribution in [-0.4, -0.2) is 121 Å². The summed E-state index contributed by atoms with van der Waals surface area (Å²) in [5.74, 6) is -3.42. The van der Waals surface area contributed by atoms with Crippen LogP contribution in [0.15, 0.2) is 54.1 Å². The highest BCUT2D eigenvalue weighted by atomic mass is 16.7. The van der Waals surface area contributed by atoms with Crippen LogP contribution in [0.5, 0.6) is 0 Å². The van der Waals surface area contributed by atoms with Crippen molar-refractivity contribution >= 4 is 24.1 Å². The Kier molecular flexibility index (Phi) is 17.8. The second-order valence-electron chi connectivity index (χ2n) is 14.7. The number of rotatable bonds is 11. The van der Waals surface area contributed by atoms with E-state index in [-0.39, 0.29) is 25.2 Å². The van der Waals surface area contributed by atoms with E-state index in [4.69, 9.17) is 18.9 Å². The van der Waals surface area contributed by atoms with E-state index in [1.165, 1.54) is 6.08 Å². The summed E-state index contributed by atoms with van der Waals surface area (Å²) in [5.41, 5.74) is 1.75. The van der Waals surface area contributed by atoms with Gasteiger partial charge in [-0.15, -0.1) is 0 Å². The quantitative estimate of drug-likeness (QED) is 0.192. The number of amides is 1. The van der Waals surface area contributed by atoms with Crippen molar-refractivity contribution in [1.29, 1.82) is 0 Å². The van der Waals surface area contributed by atoms with Gasteiger partial charge in [0.25, 0.3) is 0 Å². The van der Waals surface area contributed by atoms with Crippen LogP contribution in [0.3, 0.4) is 0 Å². The molecule has 1 aromatic carbocycles. The molecule has 4 N–H and O–H groups in total. The zero-order valence-electron chi connectivity index (χ0n) is 32.1. The molecule has 3 rings (SSSR count).